The standard InChI is InChI=1S/C18H16BrClN4O3S/c1-10(20)7-8-24-14-15(23(2)17(27)22-16(14)26)21-18(24)28-9-13(25)11-3-5-12(19)6-4-11/h3-7H,8-9H2,1-2H3,(H,22,26,27). The van der Waals surface area contributed by atoms with Crippen LogP contribution in [0.3, 0.4) is 0 Å². The Bertz CT molecular complexity index is 1190. The van der Waals surface area contributed by atoms with Crippen LogP contribution in [-0.4, -0.2) is 30.6 Å². The minimum absolute atomic E-state index is 0.0667. The Labute approximate surface area is 177 Å². The zero-order valence-corrected chi connectivity index (χ0v) is 18.2. The summed E-state index contributed by atoms with van der Waals surface area (Å²) in [4.78, 5) is 43.4. The first kappa shape index (κ1) is 20.6. The third-order valence-corrected chi connectivity index (χ3v) is 5.69. The predicted octanol–water partition coefficient (Wildman–Crippen LogP) is 3.30. The highest BCUT2D eigenvalue weighted by Gasteiger charge is 2.18. The van der Waals surface area contributed by atoms with Crippen LogP contribution in [0.5, 0.6) is 0 Å². The van der Waals surface area contributed by atoms with Gasteiger partial charge in [-0.1, -0.05) is 57.5 Å². The van der Waals surface area contributed by atoms with Gasteiger partial charge in [-0.25, -0.2) is 9.78 Å². The Hall–Kier alpha value is -2.10. The van der Waals surface area contributed by atoms with E-state index in [-0.39, 0.29) is 22.7 Å². The number of benzene rings is 1. The molecular formula is C18H16BrClN4O3S. The highest BCUT2D eigenvalue weighted by atomic mass is 79.9. The molecule has 0 radical (unpaired) electrons. The number of H-pyrrole nitrogens is 1. The summed E-state index contributed by atoms with van der Waals surface area (Å²) in [6.45, 7) is 2.02. The molecule has 1 aromatic carbocycles. The fourth-order valence-electron chi connectivity index (χ4n) is 2.56. The lowest BCUT2D eigenvalue weighted by Gasteiger charge is -2.06. The van der Waals surface area contributed by atoms with Crippen LogP contribution >= 0.6 is 39.3 Å². The smallest absolute Gasteiger partial charge is 0.309 e. The maximum atomic E-state index is 12.5. The predicted molar refractivity (Wildman–Crippen MR) is 114 cm³/mol. The zero-order valence-electron chi connectivity index (χ0n) is 15.0. The van der Waals surface area contributed by atoms with Crippen LogP contribution in [0.15, 0.2) is 54.6 Å². The Morgan fingerprint density at radius 1 is 1.32 bits per heavy atom. The molecule has 146 valence electrons. The molecule has 0 spiro atoms. The summed E-state index contributed by atoms with van der Waals surface area (Å²) in [5, 5.41) is 1.02. The first-order valence-corrected chi connectivity index (χ1v) is 10.4. The lowest BCUT2D eigenvalue weighted by Crippen LogP contribution is -2.29. The lowest BCUT2D eigenvalue weighted by molar-refractivity contribution is 0.102. The van der Waals surface area contributed by atoms with Crippen LogP contribution in [0.1, 0.15) is 17.3 Å². The molecule has 0 aliphatic rings. The van der Waals surface area contributed by atoms with E-state index in [2.05, 4.69) is 25.9 Å². The lowest BCUT2D eigenvalue weighted by atomic mass is 10.2. The summed E-state index contributed by atoms with van der Waals surface area (Å²) < 4.78 is 3.81. The van der Waals surface area contributed by atoms with Gasteiger partial charge in [0.2, 0.25) is 0 Å². The second-order valence-corrected chi connectivity index (χ2v) is 8.46. The molecule has 0 unspecified atom stereocenters. The molecule has 0 aliphatic carbocycles. The number of aromatic amines is 1. The summed E-state index contributed by atoms with van der Waals surface area (Å²) in [7, 11) is 1.53. The Kier molecular flexibility index (Phi) is 6.26. The topological polar surface area (TPSA) is 89.8 Å². The van der Waals surface area contributed by atoms with Crippen molar-refractivity contribution in [3.05, 3.63) is 66.2 Å². The average molecular weight is 484 g/mol. The van der Waals surface area contributed by atoms with E-state index >= 15 is 0 Å². The number of Topliss-reactive ketones (excluding diaryl/α,β-unsaturated/α-hetero) is 1. The highest BCUT2D eigenvalue weighted by Crippen LogP contribution is 2.23. The summed E-state index contributed by atoms with van der Waals surface area (Å²) in [6, 6.07) is 7.08. The molecule has 28 heavy (non-hydrogen) atoms. The van der Waals surface area contributed by atoms with Crippen LogP contribution in [0.2, 0.25) is 0 Å². The average Bonchev–Trinajstić information content (AvgIpc) is 3.02. The number of aryl methyl sites for hydroxylation is 1. The van der Waals surface area contributed by atoms with Crippen molar-refractivity contribution in [3.8, 4) is 0 Å². The van der Waals surface area contributed by atoms with Crippen molar-refractivity contribution in [3.63, 3.8) is 0 Å². The molecule has 0 aliphatic heterocycles. The van der Waals surface area contributed by atoms with Gasteiger partial charge in [0.05, 0.1) is 5.75 Å². The van der Waals surface area contributed by atoms with Gasteiger partial charge in [0.25, 0.3) is 5.56 Å². The number of carbonyl (C=O) groups excluding carboxylic acids is 1. The molecule has 0 saturated heterocycles. The normalized spacial score (nSPS) is 11.9. The minimum Gasteiger partial charge on any atom is -0.309 e. The third-order valence-electron chi connectivity index (χ3n) is 4.03. The summed E-state index contributed by atoms with van der Waals surface area (Å²) in [5.41, 5.74) is 0.0222. The molecule has 1 N–H and O–H groups in total. The van der Waals surface area contributed by atoms with Crippen molar-refractivity contribution < 1.29 is 4.79 Å². The zero-order chi connectivity index (χ0) is 20.4. The first-order chi connectivity index (χ1) is 13.3. The van der Waals surface area contributed by atoms with Gasteiger partial charge in [0.15, 0.2) is 22.1 Å². The van der Waals surface area contributed by atoms with Gasteiger partial charge < -0.3 is 4.57 Å². The number of halogens is 2. The maximum absolute atomic E-state index is 12.5. The number of nitrogens with zero attached hydrogens (tertiary/aromatic N) is 3. The molecule has 0 bridgehead atoms. The monoisotopic (exact) mass is 482 g/mol. The molecule has 3 rings (SSSR count). The van der Waals surface area contributed by atoms with Crippen molar-refractivity contribution in [2.45, 2.75) is 18.6 Å². The van der Waals surface area contributed by atoms with E-state index in [1.54, 1.807) is 41.8 Å². The molecule has 0 amide bonds. The van der Waals surface area contributed by atoms with Crippen LogP contribution in [0.25, 0.3) is 11.2 Å². The molecule has 7 nitrogen and oxygen atoms in total. The molecule has 2 aromatic heterocycles. The van der Waals surface area contributed by atoms with E-state index in [0.29, 0.717) is 22.3 Å². The molecule has 10 heteroatoms. The van der Waals surface area contributed by atoms with Crippen molar-refractivity contribution >= 4 is 56.2 Å². The Balaban J connectivity index is 1.99. The quantitative estimate of drug-likeness (QED) is 0.429. The number of hydrogen-bond acceptors (Lipinski definition) is 5. The van der Waals surface area contributed by atoms with E-state index in [0.717, 1.165) is 4.47 Å². The number of hydrogen-bond donors (Lipinski definition) is 1. The Morgan fingerprint density at radius 3 is 2.64 bits per heavy atom. The largest absolute Gasteiger partial charge is 0.329 e. The second kappa shape index (κ2) is 8.50. The summed E-state index contributed by atoms with van der Waals surface area (Å²) in [5.74, 6) is 0.0726. The fourth-order valence-corrected chi connectivity index (χ4v) is 3.79. The highest BCUT2D eigenvalue weighted by molar-refractivity contribution is 9.10. The number of aromatic nitrogens is 4. The number of allylic oxidation sites excluding steroid dienone is 2. The molecule has 0 atom stereocenters. The number of thioether (sulfide) groups is 1. The van der Waals surface area contributed by atoms with Gasteiger partial charge >= 0.3 is 5.69 Å². The number of imidazole rings is 1. The van der Waals surface area contributed by atoms with Crippen LogP contribution in [0.4, 0.5) is 0 Å². The van der Waals surface area contributed by atoms with Crippen molar-refractivity contribution in [2.75, 3.05) is 5.75 Å². The number of ketones is 1. The molecule has 0 fully saturated rings. The molecule has 3 aromatic rings. The second-order valence-electron chi connectivity index (χ2n) is 6.01. The first-order valence-electron chi connectivity index (χ1n) is 8.21. The number of rotatable bonds is 6. The minimum atomic E-state index is -0.547. The van der Waals surface area contributed by atoms with Crippen LogP contribution in [0, 0.1) is 0 Å². The molecular weight excluding hydrogens is 468 g/mol. The SMILES string of the molecule is CC(Cl)=CCn1c(SCC(=O)c2ccc(Br)cc2)nc2c1c(=O)[nH]c(=O)n2C. The maximum Gasteiger partial charge on any atom is 0.329 e. The molecule has 2 heterocycles. The van der Waals surface area contributed by atoms with E-state index < -0.39 is 11.2 Å². The van der Waals surface area contributed by atoms with Crippen LogP contribution < -0.4 is 11.2 Å². The van der Waals surface area contributed by atoms with Gasteiger partial charge in [-0.2, -0.15) is 0 Å². The van der Waals surface area contributed by atoms with Crippen molar-refractivity contribution in [1.82, 2.24) is 19.1 Å². The van der Waals surface area contributed by atoms with Gasteiger partial charge in [0.1, 0.15) is 0 Å². The van der Waals surface area contributed by atoms with Crippen molar-refractivity contribution in [1.29, 1.82) is 0 Å². The number of carbonyl (C=O) groups is 1. The summed E-state index contributed by atoms with van der Waals surface area (Å²) in [6.07, 6.45) is 1.73. The number of nitrogens with one attached hydrogen (secondary N) is 1. The number of fused-ring (bicyclic) bond motifs is 1. The van der Waals surface area contributed by atoms with Gasteiger partial charge in [-0.05, 0) is 19.1 Å². The van der Waals surface area contributed by atoms with Crippen LogP contribution in [-0.2, 0) is 13.6 Å². The Morgan fingerprint density at radius 2 is 2.00 bits per heavy atom. The van der Waals surface area contributed by atoms with E-state index in [1.165, 1.54) is 23.4 Å². The fraction of sp³-hybridized carbons (Fsp3) is 0.222. The third kappa shape index (κ3) is 4.31. The van der Waals surface area contributed by atoms with Gasteiger partial charge in [-0.3, -0.25) is 19.1 Å². The van der Waals surface area contributed by atoms with E-state index in [9.17, 15) is 14.4 Å². The van der Waals surface area contributed by atoms with Gasteiger partial charge in [-0.15, -0.1) is 0 Å². The van der Waals surface area contributed by atoms with Gasteiger partial charge in [0, 0.05) is 28.7 Å². The molecule has 0 saturated carbocycles. The van der Waals surface area contributed by atoms with Crippen molar-refractivity contribution in [2.24, 2.45) is 7.05 Å². The summed E-state index contributed by atoms with van der Waals surface area (Å²) >= 11 is 10.5. The van der Waals surface area contributed by atoms with E-state index in [4.69, 9.17) is 11.6 Å². The van der Waals surface area contributed by atoms with E-state index in [1.807, 2.05) is 0 Å².